The molecular weight excluding hydrogens is 520 g/mol. The van der Waals surface area contributed by atoms with Crippen LogP contribution in [0.2, 0.25) is 5.15 Å². The third-order valence-corrected chi connectivity index (χ3v) is 9.60. The van der Waals surface area contributed by atoms with Crippen LogP contribution in [0.1, 0.15) is 43.7 Å². The van der Waals surface area contributed by atoms with E-state index >= 15 is 0 Å². The van der Waals surface area contributed by atoms with Crippen LogP contribution in [0.25, 0.3) is 5.69 Å². The van der Waals surface area contributed by atoms with Crippen LogP contribution in [0, 0.1) is 11.2 Å². The highest BCUT2D eigenvalue weighted by atomic mass is 35.5. The molecule has 1 aliphatic rings. The molecule has 192 valence electrons. The van der Waals surface area contributed by atoms with Gasteiger partial charge in [-0.25, -0.2) is 17.5 Å². The Kier molecular flexibility index (Phi) is 7.04. The lowest BCUT2D eigenvalue weighted by atomic mass is 9.81. The van der Waals surface area contributed by atoms with Gasteiger partial charge in [-0.15, -0.1) is 0 Å². The van der Waals surface area contributed by atoms with Gasteiger partial charge in [-0.3, -0.25) is 4.79 Å². The SMILES string of the molecule is C[C@@]1(C(=O)CCc2cn(-c3ccc(C(F)(F)F)cc3)nc2Cl)CCC[C@H]1S(=O)(=O)c1ccc(F)cc1. The van der Waals surface area contributed by atoms with E-state index in [9.17, 15) is 30.8 Å². The zero-order chi connectivity index (χ0) is 26.3. The van der Waals surface area contributed by atoms with Crippen LogP contribution >= 0.6 is 11.6 Å². The number of hydrogen-bond donors (Lipinski definition) is 0. The summed E-state index contributed by atoms with van der Waals surface area (Å²) in [6, 6.07) is 9.01. The Morgan fingerprint density at radius 2 is 1.78 bits per heavy atom. The summed E-state index contributed by atoms with van der Waals surface area (Å²) in [5.74, 6) is -0.776. The van der Waals surface area contributed by atoms with Gasteiger partial charge in [0.25, 0.3) is 0 Å². The number of aromatic nitrogens is 2. The van der Waals surface area contributed by atoms with E-state index in [2.05, 4.69) is 5.10 Å². The first-order chi connectivity index (χ1) is 16.8. The number of Topliss-reactive ketones (excluding diaryl/α,β-unsaturated/α-hetero) is 1. The molecule has 11 heteroatoms. The van der Waals surface area contributed by atoms with Gasteiger partial charge in [-0.2, -0.15) is 18.3 Å². The number of carbonyl (C=O) groups is 1. The van der Waals surface area contributed by atoms with Gasteiger partial charge in [-0.1, -0.05) is 24.9 Å². The highest BCUT2D eigenvalue weighted by Gasteiger charge is 2.50. The molecule has 0 unspecified atom stereocenters. The van der Waals surface area contributed by atoms with Crippen molar-refractivity contribution in [2.45, 2.75) is 55.3 Å². The van der Waals surface area contributed by atoms with Gasteiger partial charge in [0, 0.05) is 23.6 Å². The monoisotopic (exact) mass is 542 g/mol. The summed E-state index contributed by atoms with van der Waals surface area (Å²) >= 11 is 6.22. The molecule has 0 saturated heterocycles. The highest BCUT2D eigenvalue weighted by Crippen LogP contribution is 2.45. The number of ketones is 1. The fourth-order valence-electron chi connectivity index (χ4n) is 4.76. The molecule has 0 aliphatic heterocycles. The normalized spacial score (nSPS) is 20.6. The van der Waals surface area contributed by atoms with Crippen LogP contribution in [-0.2, 0) is 27.2 Å². The molecule has 0 amide bonds. The minimum absolute atomic E-state index is 0.0179. The van der Waals surface area contributed by atoms with E-state index in [1.165, 1.54) is 28.9 Å². The molecule has 2 aromatic carbocycles. The second kappa shape index (κ2) is 9.63. The van der Waals surface area contributed by atoms with Crippen LogP contribution in [-0.4, -0.2) is 29.2 Å². The molecule has 0 bridgehead atoms. The molecule has 1 fully saturated rings. The van der Waals surface area contributed by atoms with Crippen molar-refractivity contribution in [3.8, 4) is 5.69 Å². The third-order valence-electron chi connectivity index (χ3n) is 6.85. The number of hydrogen-bond acceptors (Lipinski definition) is 4. The topological polar surface area (TPSA) is 69.0 Å². The Bertz CT molecular complexity index is 1370. The predicted octanol–water partition coefficient (Wildman–Crippen LogP) is 6.22. The molecule has 1 heterocycles. The van der Waals surface area contributed by atoms with E-state index in [1.54, 1.807) is 13.1 Å². The molecule has 0 spiro atoms. The number of sulfone groups is 1. The van der Waals surface area contributed by atoms with Gasteiger partial charge in [0.05, 0.1) is 21.4 Å². The van der Waals surface area contributed by atoms with Gasteiger partial charge in [0.2, 0.25) is 0 Å². The maximum atomic E-state index is 13.3. The first kappa shape index (κ1) is 26.3. The molecule has 36 heavy (non-hydrogen) atoms. The van der Waals surface area contributed by atoms with Crippen LogP contribution in [0.4, 0.5) is 17.6 Å². The first-order valence-electron chi connectivity index (χ1n) is 11.3. The fraction of sp³-hybridized carbons (Fsp3) is 0.360. The van der Waals surface area contributed by atoms with E-state index in [1.807, 2.05) is 0 Å². The summed E-state index contributed by atoms with van der Waals surface area (Å²) < 4.78 is 79.6. The predicted molar refractivity (Wildman–Crippen MR) is 126 cm³/mol. The van der Waals surface area contributed by atoms with Gasteiger partial charge in [-0.05, 0) is 67.8 Å². The lowest BCUT2D eigenvalue weighted by molar-refractivity contribution is -0.137. The van der Waals surface area contributed by atoms with Crippen molar-refractivity contribution in [2.24, 2.45) is 5.41 Å². The van der Waals surface area contributed by atoms with Crippen molar-refractivity contribution < 1.29 is 30.8 Å². The summed E-state index contributed by atoms with van der Waals surface area (Å²) in [5, 5.41) is 3.31. The summed E-state index contributed by atoms with van der Waals surface area (Å²) in [6.07, 6.45) is -1.39. The van der Waals surface area contributed by atoms with E-state index in [-0.39, 0.29) is 28.7 Å². The number of alkyl halides is 3. The molecular formula is C25H23ClF4N2O3S. The van der Waals surface area contributed by atoms with E-state index in [0.717, 1.165) is 24.3 Å². The Morgan fingerprint density at radius 1 is 1.14 bits per heavy atom. The van der Waals surface area contributed by atoms with Gasteiger partial charge in [0.1, 0.15) is 11.6 Å². The zero-order valence-corrected chi connectivity index (χ0v) is 20.8. The minimum Gasteiger partial charge on any atom is -0.299 e. The summed E-state index contributed by atoms with van der Waals surface area (Å²) in [7, 11) is -3.86. The molecule has 3 aromatic rings. The smallest absolute Gasteiger partial charge is 0.299 e. The van der Waals surface area contributed by atoms with Crippen molar-refractivity contribution in [2.75, 3.05) is 0 Å². The second-order valence-electron chi connectivity index (χ2n) is 9.15. The molecule has 0 N–H and O–H groups in total. The highest BCUT2D eigenvalue weighted by molar-refractivity contribution is 7.92. The van der Waals surface area contributed by atoms with E-state index in [4.69, 9.17) is 11.6 Å². The first-order valence-corrected chi connectivity index (χ1v) is 13.2. The van der Waals surface area contributed by atoms with Crippen molar-refractivity contribution in [3.05, 3.63) is 76.8 Å². The van der Waals surface area contributed by atoms with E-state index < -0.39 is 38.1 Å². The molecule has 1 aromatic heterocycles. The number of carbonyl (C=O) groups excluding carboxylic acids is 1. The van der Waals surface area contributed by atoms with Gasteiger partial charge < -0.3 is 0 Å². The Hall–Kier alpha value is -2.72. The minimum atomic E-state index is -4.45. The largest absolute Gasteiger partial charge is 0.416 e. The lowest BCUT2D eigenvalue weighted by Gasteiger charge is -2.30. The molecule has 1 aliphatic carbocycles. The van der Waals surface area contributed by atoms with Gasteiger partial charge in [0.15, 0.2) is 15.0 Å². The summed E-state index contributed by atoms with van der Waals surface area (Å²) in [6.45, 7) is 1.65. The summed E-state index contributed by atoms with van der Waals surface area (Å²) in [5.41, 5.74) is -1.01. The quantitative estimate of drug-likeness (QED) is 0.263. The second-order valence-corrected chi connectivity index (χ2v) is 11.6. The number of nitrogens with zero attached hydrogens (tertiary/aromatic N) is 2. The van der Waals surface area contributed by atoms with Crippen LogP contribution in [0.3, 0.4) is 0 Å². The number of benzene rings is 2. The zero-order valence-electron chi connectivity index (χ0n) is 19.2. The van der Waals surface area contributed by atoms with Crippen molar-refractivity contribution in [1.82, 2.24) is 9.78 Å². The Morgan fingerprint density at radius 3 is 2.39 bits per heavy atom. The van der Waals surface area contributed by atoms with Crippen molar-refractivity contribution >= 4 is 27.2 Å². The van der Waals surface area contributed by atoms with Crippen molar-refractivity contribution in [1.29, 1.82) is 0 Å². The molecule has 2 atom stereocenters. The lowest BCUT2D eigenvalue weighted by Crippen LogP contribution is -2.40. The fourth-order valence-corrected chi connectivity index (χ4v) is 7.24. The van der Waals surface area contributed by atoms with Gasteiger partial charge >= 0.3 is 6.18 Å². The Balaban J connectivity index is 1.49. The molecule has 0 radical (unpaired) electrons. The standard InChI is InChI=1S/C25H23ClF4N2O3S/c1-24(14-2-3-22(24)36(34,35)20-11-7-18(27)8-12-20)21(33)13-4-16-15-32(31-23(16)26)19-9-5-17(6-10-19)25(28,29)30/h5-12,15,22H,2-4,13-14H2,1H3/t22-,24+/m1/s1. The third kappa shape index (κ3) is 5.06. The number of halogens is 5. The number of aryl methyl sites for hydroxylation is 1. The van der Waals surface area contributed by atoms with Crippen LogP contribution in [0.15, 0.2) is 59.6 Å². The van der Waals surface area contributed by atoms with Crippen LogP contribution < -0.4 is 0 Å². The molecule has 5 nitrogen and oxygen atoms in total. The maximum absolute atomic E-state index is 13.3. The van der Waals surface area contributed by atoms with E-state index in [0.29, 0.717) is 30.5 Å². The number of rotatable bonds is 7. The molecule has 1 saturated carbocycles. The Labute approximate surface area is 211 Å². The average Bonchev–Trinajstić information content (AvgIpc) is 3.41. The van der Waals surface area contributed by atoms with Crippen LogP contribution in [0.5, 0.6) is 0 Å². The molecule has 4 rings (SSSR count). The summed E-state index contributed by atoms with van der Waals surface area (Å²) in [4.78, 5) is 13.3. The maximum Gasteiger partial charge on any atom is 0.416 e. The average molecular weight is 543 g/mol. The van der Waals surface area contributed by atoms with Crippen molar-refractivity contribution in [3.63, 3.8) is 0 Å².